The van der Waals surface area contributed by atoms with Crippen LogP contribution < -0.4 is 16.6 Å². The lowest BCUT2D eigenvalue weighted by atomic mass is 9.93. The molecule has 0 radical (unpaired) electrons. The number of fused-ring (bicyclic) bond motifs is 2. The summed E-state index contributed by atoms with van der Waals surface area (Å²) in [7, 11) is 0. The largest absolute Gasteiger partial charge is 0.374 e. The Morgan fingerprint density at radius 1 is 1.25 bits per heavy atom. The minimum Gasteiger partial charge on any atom is -0.374 e. The Morgan fingerprint density at radius 3 is 2.72 bits per heavy atom. The third kappa shape index (κ3) is 3.91. The Bertz CT molecular complexity index is 1320. The molecule has 166 valence electrons. The van der Waals surface area contributed by atoms with Gasteiger partial charge < -0.3 is 20.9 Å². The van der Waals surface area contributed by atoms with Crippen LogP contribution >= 0.6 is 23.2 Å². The lowest BCUT2D eigenvalue weighted by Gasteiger charge is -2.36. The third-order valence-electron chi connectivity index (χ3n) is 5.69. The van der Waals surface area contributed by atoms with E-state index < -0.39 is 17.3 Å². The van der Waals surface area contributed by atoms with E-state index in [-0.39, 0.29) is 40.5 Å². The summed E-state index contributed by atoms with van der Waals surface area (Å²) >= 11 is 12.4. The Labute approximate surface area is 192 Å². The highest BCUT2D eigenvalue weighted by molar-refractivity contribution is 6.35. The number of anilines is 1. The summed E-state index contributed by atoms with van der Waals surface area (Å²) in [5, 5.41) is 4.00. The number of benzene rings is 2. The molecule has 2 heterocycles. The molecule has 0 unspecified atom stereocenters. The number of nitrogens with zero attached hydrogens (tertiary/aromatic N) is 1. The molecular weight excluding hydrogens is 458 g/mol. The first kappa shape index (κ1) is 22.1. The van der Waals surface area contributed by atoms with Crippen LogP contribution in [0.4, 0.5) is 10.1 Å². The number of amides is 2. The maximum absolute atomic E-state index is 14.6. The van der Waals surface area contributed by atoms with Gasteiger partial charge in [-0.1, -0.05) is 23.2 Å². The van der Waals surface area contributed by atoms with Gasteiger partial charge in [-0.15, -0.1) is 0 Å². The number of hydrogen-bond acceptors (Lipinski definition) is 4. The minimum atomic E-state index is -0.766. The molecule has 0 spiro atoms. The molecule has 2 aromatic carbocycles. The fourth-order valence-corrected chi connectivity index (χ4v) is 4.83. The number of pyridine rings is 1. The maximum Gasteiger partial charge on any atom is 0.255 e. The van der Waals surface area contributed by atoms with Crippen LogP contribution in [0.2, 0.25) is 10.0 Å². The number of carbonyl (C=O) groups is 2. The van der Waals surface area contributed by atoms with E-state index >= 15 is 0 Å². The molecule has 7 nitrogen and oxygen atoms in total. The molecule has 1 atom stereocenters. The standard InChI is InChI=1S/C22H19Cl2FN4O3/c1-10-20-11(4-12(23)5-16(20)24)2-3-29(10)19(30)9-27-18-7-13-14(6-17(18)25)22(32)28-8-15(13)21(26)31/h4-8,10,27H,2-3,9H2,1H3,(H2,26,31)(H,28,32)/t10-/m0/s1. The molecule has 1 aromatic heterocycles. The smallest absolute Gasteiger partial charge is 0.255 e. The Morgan fingerprint density at radius 2 is 2.00 bits per heavy atom. The number of hydrogen-bond donors (Lipinski definition) is 3. The number of halogens is 3. The highest BCUT2D eigenvalue weighted by atomic mass is 35.5. The zero-order chi connectivity index (χ0) is 23.2. The first-order chi connectivity index (χ1) is 15.2. The number of H-pyrrole nitrogens is 1. The third-order valence-corrected chi connectivity index (χ3v) is 6.22. The van der Waals surface area contributed by atoms with E-state index in [4.69, 9.17) is 28.9 Å². The molecule has 2 amide bonds. The average Bonchev–Trinajstić information content (AvgIpc) is 2.72. The number of carbonyl (C=O) groups excluding carboxylic acids is 2. The fraction of sp³-hybridized carbons (Fsp3) is 0.227. The van der Waals surface area contributed by atoms with Gasteiger partial charge in [0.1, 0.15) is 5.82 Å². The van der Waals surface area contributed by atoms with Gasteiger partial charge in [0.05, 0.1) is 29.2 Å². The number of rotatable bonds is 4. The summed E-state index contributed by atoms with van der Waals surface area (Å²) in [6, 6.07) is 5.53. The normalized spacial score (nSPS) is 15.5. The van der Waals surface area contributed by atoms with Gasteiger partial charge >= 0.3 is 0 Å². The van der Waals surface area contributed by atoms with Crippen LogP contribution in [-0.4, -0.2) is 34.8 Å². The lowest BCUT2D eigenvalue weighted by molar-refractivity contribution is -0.131. The molecule has 0 fully saturated rings. The molecule has 1 aliphatic heterocycles. The van der Waals surface area contributed by atoms with Crippen molar-refractivity contribution in [1.82, 2.24) is 9.88 Å². The first-order valence-electron chi connectivity index (χ1n) is 9.83. The van der Waals surface area contributed by atoms with Crippen molar-refractivity contribution in [3.05, 3.63) is 73.4 Å². The van der Waals surface area contributed by atoms with Gasteiger partial charge in [0.25, 0.3) is 11.5 Å². The predicted octanol–water partition coefficient (Wildman–Crippen LogP) is 3.63. The van der Waals surface area contributed by atoms with Crippen molar-refractivity contribution in [2.45, 2.75) is 19.4 Å². The highest BCUT2D eigenvalue weighted by Crippen LogP contribution is 2.37. The molecule has 1 aliphatic rings. The molecule has 10 heteroatoms. The van der Waals surface area contributed by atoms with Gasteiger partial charge in [-0.05, 0) is 48.7 Å². The van der Waals surface area contributed by atoms with Gasteiger partial charge in [0.2, 0.25) is 5.91 Å². The summed E-state index contributed by atoms with van der Waals surface area (Å²) < 4.78 is 14.6. The molecule has 0 bridgehead atoms. The van der Waals surface area contributed by atoms with Crippen LogP contribution in [0.3, 0.4) is 0 Å². The van der Waals surface area contributed by atoms with Crippen LogP contribution in [0.15, 0.2) is 35.3 Å². The lowest BCUT2D eigenvalue weighted by Crippen LogP contribution is -2.42. The Balaban J connectivity index is 1.58. The monoisotopic (exact) mass is 476 g/mol. The number of nitrogens with one attached hydrogen (secondary N) is 2. The van der Waals surface area contributed by atoms with E-state index in [2.05, 4.69) is 10.3 Å². The first-order valence-corrected chi connectivity index (χ1v) is 10.6. The highest BCUT2D eigenvalue weighted by Gasteiger charge is 2.29. The summed E-state index contributed by atoms with van der Waals surface area (Å²) in [4.78, 5) is 40.6. The zero-order valence-electron chi connectivity index (χ0n) is 17.0. The van der Waals surface area contributed by atoms with Gasteiger partial charge in [0, 0.05) is 28.2 Å². The van der Waals surface area contributed by atoms with Gasteiger partial charge in [-0.2, -0.15) is 0 Å². The van der Waals surface area contributed by atoms with Crippen LogP contribution in [0, 0.1) is 5.82 Å². The Hall–Kier alpha value is -3.10. The fourth-order valence-electron chi connectivity index (χ4n) is 4.13. The maximum atomic E-state index is 14.6. The van der Waals surface area contributed by atoms with E-state index in [1.54, 1.807) is 11.0 Å². The summed E-state index contributed by atoms with van der Waals surface area (Å²) in [6.45, 7) is 2.15. The predicted molar refractivity (Wildman–Crippen MR) is 122 cm³/mol. The van der Waals surface area contributed by atoms with E-state index in [0.717, 1.165) is 17.2 Å². The average molecular weight is 477 g/mol. The summed E-state index contributed by atoms with van der Waals surface area (Å²) in [5.74, 6) is -1.75. The van der Waals surface area contributed by atoms with Gasteiger partial charge in [-0.25, -0.2) is 4.39 Å². The van der Waals surface area contributed by atoms with Crippen LogP contribution in [0.25, 0.3) is 10.8 Å². The Kier molecular flexibility index (Phi) is 5.83. The van der Waals surface area contributed by atoms with Crippen LogP contribution in [-0.2, 0) is 11.2 Å². The number of aromatic nitrogens is 1. The van der Waals surface area contributed by atoms with Crippen molar-refractivity contribution in [1.29, 1.82) is 0 Å². The van der Waals surface area contributed by atoms with Gasteiger partial charge in [0.15, 0.2) is 0 Å². The van der Waals surface area contributed by atoms with E-state index in [1.165, 1.54) is 12.3 Å². The number of nitrogens with two attached hydrogens (primary N) is 1. The SMILES string of the molecule is C[C@H]1c2c(Cl)cc(Cl)cc2CCN1C(=O)CNc1cc2c(C(N)=O)c[nH]c(=O)c2cc1F. The van der Waals surface area contributed by atoms with Gasteiger partial charge in [-0.3, -0.25) is 14.4 Å². The number of primary amides is 1. The van der Waals surface area contributed by atoms with Crippen molar-refractivity contribution in [3.63, 3.8) is 0 Å². The molecule has 3 aromatic rings. The molecule has 32 heavy (non-hydrogen) atoms. The molecule has 0 saturated heterocycles. The molecular formula is C22H19Cl2FN4O3. The van der Waals surface area contributed by atoms with E-state index in [9.17, 15) is 18.8 Å². The van der Waals surface area contributed by atoms with E-state index in [1.807, 2.05) is 13.0 Å². The number of aromatic amines is 1. The molecule has 0 saturated carbocycles. The summed E-state index contributed by atoms with van der Waals surface area (Å²) in [5.41, 5.74) is 6.67. The molecule has 0 aliphatic carbocycles. The molecule has 4 N–H and O–H groups in total. The molecule has 4 rings (SSSR count). The second-order valence-electron chi connectivity index (χ2n) is 7.60. The quantitative estimate of drug-likeness (QED) is 0.533. The van der Waals surface area contributed by atoms with E-state index in [0.29, 0.717) is 23.0 Å². The van der Waals surface area contributed by atoms with Crippen molar-refractivity contribution in [2.24, 2.45) is 5.73 Å². The van der Waals surface area contributed by atoms with Crippen molar-refractivity contribution >= 4 is 51.5 Å². The second kappa shape index (κ2) is 8.44. The van der Waals surface area contributed by atoms with Crippen molar-refractivity contribution in [2.75, 3.05) is 18.4 Å². The van der Waals surface area contributed by atoms with Crippen molar-refractivity contribution in [3.8, 4) is 0 Å². The summed E-state index contributed by atoms with van der Waals surface area (Å²) in [6.07, 6.45) is 1.78. The van der Waals surface area contributed by atoms with Crippen LogP contribution in [0.1, 0.15) is 34.5 Å². The zero-order valence-corrected chi connectivity index (χ0v) is 18.5. The van der Waals surface area contributed by atoms with Crippen LogP contribution in [0.5, 0.6) is 0 Å². The van der Waals surface area contributed by atoms with Crippen molar-refractivity contribution < 1.29 is 14.0 Å². The topological polar surface area (TPSA) is 108 Å². The second-order valence-corrected chi connectivity index (χ2v) is 8.44. The minimum absolute atomic E-state index is 0.00904.